The largest absolute Gasteiger partial charge is 0.444 e. The average molecular weight is 1760 g/mol. The lowest BCUT2D eigenvalue weighted by molar-refractivity contribution is -0.127. The fraction of sp³-hybridized carbons (Fsp3) is 0.842. The summed E-state index contributed by atoms with van der Waals surface area (Å²) in [6.45, 7) is 25.9. The Kier molecular flexibility index (Phi) is 67.9. The van der Waals surface area contributed by atoms with E-state index in [1.165, 1.54) is 0 Å². The summed E-state index contributed by atoms with van der Waals surface area (Å²) in [6, 6.07) is 0. The van der Waals surface area contributed by atoms with E-state index < -0.39 is 88.1 Å². The monoisotopic (exact) mass is 1760 g/mol. The summed E-state index contributed by atoms with van der Waals surface area (Å²) in [5.74, 6) is -3.32. The van der Waals surface area contributed by atoms with Gasteiger partial charge in [-0.3, -0.25) is 53.1 Å². The Morgan fingerprint density at radius 2 is 0.467 bits per heavy atom. The highest BCUT2D eigenvalue weighted by Crippen LogP contribution is 2.09. The SMILES string of the molecule is CC(C)(C)OC(=O)NCCOCCOCC(=O)NCCN(CCNC(=O)COCCOCCNC(=O)OC(C)(C)C)CC(=O)NCCN(CCNC(=O)CN(CCNC(=O)COCCOCCNC(=O)OC(C)(C)C)CCNC(=O)COCCOCCNC(=O)OC(C)(C)C)CC(=O)NCCCNC(=O)CCOCCOCCOCCOCCN=[N+]=[N-]. The van der Waals surface area contributed by atoms with Crippen LogP contribution in [-0.4, -0.2) is 411 Å². The summed E-state index contributed by atoms with van der Waals surface area (Å²) in [6.07, 6.45) is -1.85. The van der Waals surface area contributed by atoms with E-state index in [9.17, 15) is 57.5 Å². The van der Waals surface area contributed by atoms with Crippen LogP contribution in [0.5, 0.6) is 0 Å². The molecule has 46 heteroatoms. The molecule has 0 fully saturated rings. The Balaban J connectivity index is 6.12. The molecule has 0 unspecified atom stereocenters. The third-order valence-electron chi connectivity index (χ3n) is 14.7. The molecule has 46 nitrogen and oxygen atoms in total. The van der Waals surface area contributed by atoms with Crippen LogP contribution in [0, 0.1) is 0 Å². The molecule has 0 radical (unpaired) electrons. The summed E-state index contributed by atoms with van der Waals surface area (Å²) in [5, 5.41) is 36.2. The van der Waals surface area contributed by atoms with Gasteiger partial charge in [0.1, 0.15) is 48.8 Å². The highest BCUT2D eigenvalue weighted by molar-refractivity contribution is 5.81. The highest BCUT2D eigenvalue weighted by Gasteiger charge is 2.22. The number of nitrogens with one attached hydrogen (secondary N) is 12. The zero-order valence-corrected chi connectivity index (χ0v) is 74.1. The highest BCUT2D eigenvalue weighted by atomic mass is 16.6. The van der Waals surface area contributed by atoms with Crippen molar-refractivity contribution in [2.75, 3.05) is 303 Å². The second kappa shape index (κ2) is 73.0. The molecule has 12 amide bonds. The summed E-state index contributed by atoms with van der Waals surface area (Å²) in [7, 11) is 0. The van der Waals surface area contributed by atoms with Gasteiger partial charge in [0, 0.05) is 136 Å². The normalized spacial score (nSPS) is 11.6. The van der Waals surface area contributed by atoms with Gasteiger partial charge in [0.25, 0.3) is 0 Å². The Hall–Kier alpha value is -8.45. The quantitative estimate of drug-likeness (QED) is 0.0105. The van der Waals surface area contributed by atoms with Crippen LogP contribution < -0.4 is 63.8 Å². The van der Waals surface area contributed by atoms with Gasteiger partial charge in [0.15, 0.2) is 0 Å². The van der Waals surface area contributed by atoms with Gasteiger partial charge in [0.2, 0.25) is 47.3 Å². The van der Waals surface area contributed by atoms with Crippen molar-refractivity contribution >= 4 is 71.6 Å². The molecule has 0 aliphatic heterocycles. The average Bonchev–Trinajstić information content (AvgIpc) is 0.951. The van der Waals surface area contributed by atoms with Gasteiger partial charge in [-0.05, 0) is 95.0 Å². The minimum Gasteiger partial charge on any atom is -0.444 e. The molecule has 0 aromatic rings. The predicted molar refractivity (Wildman–Crippen MR) is 443 cm³/mol. The summed E-state index contributed by atoms with van der Waals surface area (Å²) < 4.78 is 86.2. The first-order chi connectivity index (χ1) is 58.0. The molecule has 0 spiro atoms. The van der Waals surface area contributed by atoms with E-state index in [-0.39, 0.29) is 275 Å². The molecule has 0 aromatic heterocycles. The van der Waals surface area contributed by atoms with E-state index in [1.807, 2.05) is 0 Å². The number of carbonyl (C=O) groups excluding carboxylic acids is 12. The van der Waals surface area contributed by atoms with Gasteiger partial charge in [-0.2, -0.15) is 0 Å². The van der Waals surface area contributed by atoms with Crippen LogP contribution in [0.4, 0.5) is 19.2 Å². The molecule has 0 bridgehead atoms. The van der Waals surface area contributed by atoms with Crippen LogP contribution in [0.1, 0.15) is 95.9 Å². The molecule has 122 heavy (non-hydrogen) atoms. The molecule has 0 atom stereocenters. The number of carbonyl (C=O) groups is 12. The van der Waals surface area contributed by atoms with Crippen LogP contribution in [0.2, 0.25) is 0 Å². The first-order valence-electron chi connectivity index (χ1n) is 41.1. The number of azide groups is 1. The standard InChI is InChI=1S/C76H144N18O28/c1-73(2,3)119-69(103)86-23-35-108-46-50-115-57-65(99)82-19-30-93(31-20-83-66(100)58-116-51-47-109-36-24-87-70(104)120-74(4,5)6)55-63(97)80-17-28-92(54-62(96)79-16-13-15-78-61(95)14-34-107-40-42-113-44-45-114-43-41-112-39-27-90-91-77)29-18-81-64(98)56-94(32-21-84-67(101)59-117-52-48-110-37-25-88-71(105)121-75(7,8)9)33-22-85-68(102)60-118-53-49-111-38-26-89-72(106)122-76(10,11)12/h13-60H2,1-12H3,(H,78,95)(H,79,96)(H,80,97)(H,81,98)(H,82,99)(H,83,100)(H,84,101)(H,85,102)(H,86,103)(H,87,104)(H,88,105)(H,89,106). The lowest BCUT2D eigenvalue weighted by atomic mass is 10.2. The van der Waals surface area contributed by atoms with Crippen molar-refractivity contribution in [3.63, 3.8) is 0 Å². The first-order valence-corrected chi connectivity index (χ1v) is 41.1. The van der Waals surface area contributed by atoms with Crippen molar-refractivity contribution in [3.05, 3.63) is 10.4 Å². The number of hydrogen-bond donors (Lipinski definition) is 12. The topological polar surface area (TPSA) is 555 Å². The van der Waals surface area contributed by atoms with Crippen molar-refractivity contribution in [1.82, 2.24) is 78.5 Å². The molecule has 0 rings (SSSR count). The minimum absolute atomic E-state index is 0.0227. The van der Waals surface area contributed by atoms with E-state index in [4.69, 9.17) is 81.3 Å². The smallest absolute Gasteiger partial charge is 0.407 e. The van der Waals surface area contributed by atoms with Gasteiger partial charge in [-0.1, -0.05) is 5.11 Å². The van der Waals surface area contributed by atoms with Crippen molar-refractivity contribution in [1.29, 1.82) is 0 Å². The number of rotatable bonds is 75. The van der Waals surface area contributed by atoms with Crippen molar-refractivity contribution in [2.24, 2.45) is 5.11 Å². The Morgan fingerprint density at radius 1 is 0.254 bits per heavy atom. The van der Waals surface area contributed by atoms with E-state index in [1.54, 1.807) is 97.8 Å². The maximum Gasteiger partial charge on any atom is 0.407 e. The second-order valence-electron chi connectivity index (χ2n) is 30.5. The summed E-state index contributed by atoms with van der Waals surface area (Å²) in [5.41, 5.74) is 5.69. The first kappa shape index (κ1) is 114. The summed E-state index contributed by atoms with van der Waals surface area (Å²) in [4.78, 5) is 160. The number of ether oxygens (including phenoxy) is 16. The van der Waals surface area contributed by atoms with Crippen molar-refractivity contribution in [2.45, 2.75) is 118 Å². The molecule has 0 heterocycles. The lowest BCUT2D eigenvalue weighted by Crippen LogP contribution is -2.48. The fourth-order valence-electron chi connectivity index (χ4n) is 9.32. The molecular formula is C76H144N18O28. The van der Waals surface area contributed by atoms with Gasteiger partial charge < -0.3 is 140 Å². The van der Waals surface area contributed by atoms with E-state index in [0.717, 1.165) is 0 Å². The van der Waals surface area contributed by atoms with Crippen molar-refractivity contribution < 1.29 is 133 Å². The minimum atomic E-state index is -0.654. The van der Waals surface area contributed by atoms with E-state index in [0.29, 0.717) is 46.1 Å². The maximum atomic E-state index is 13.8. The van der Waals surface area contributed by atoms with Gasteiger partial charge >= 0.3 is 24.4 Å². The number of hydrogen-bond acceptors (Lipinski definition) is 32. The molecule has 0 aromatic carbocycles. The second-order valence-corrected chi connectivity index (χ2v) is 30.5. The zero-order chi connectivity index (χ0) is 90.8. The molecular weight excluding hydrogens is 1610 g/mol. The third kappa shape index (κ3) is 82.5. The van der Waals surface area contributed by atoms with Crippen LogP contribution in [-0.2, 0) is 114 Å². The number of amides is 12. The number of nitrogens with zero attached hydrogens (tertiary/aromatic N) is 6. The fourth-order valence-corrected chi connectivity index (χ4v) is 9.32. The Bertz CT molecular complexity index is 2650. The molecule has 0 saturated carbocycles. The lowest BCUT2D eigenvalue weighted by Gasteiger charge is -2.25. The predicted octanol–water partition coefficient (Wildman–Crippen LogP) is -1.79. The van der Waals surface area contributed by atoms with Crippen LogP contribution in [0.25, 0.3) is 10.4 Å². The summed E-state index contributed by atoms with van der Waals surface area (Å²) >= 11 is 0. The van der Waals surface area contributed by atoms with Crippen LogP contribution in [0.15, 0.2) is 5.11 Å². The molecule has 0 saturated heterocycles. The van der Waals surface area contributed by atoms with Crippen molar-refractivity contribution in [3.8, 4) is 0 Å². The van der Waals surface area contributed by atoms with Gasteiger partial charge in [-0.25, -0.2) is 19.2 Å². The van der Waals surface area contributed by atoms with Gasteiger partial charge in [-0.15, -0.1) is 0 Å². The molecule has 12 N–H and O–H groups in total. The maximum absolute atomic E-state index is 13.8. The van der Waals surface area contributed by atoms with Gasteiger partial charge in [0.05, 0.1) is 152 Å². The third-order valence-corrected chi connectivity index (χ3v) is 14.7. The Labute approximate surface area is 717 Å². The van der Waals surface area contributed by atoms with Crippen LogP contribution >= 0.6 is 0 Å². The molecule has 0 aliphatic rings. The Morgan fingerprint density at radius 3 is 0.721 bits per heavy atom. The number of alkyl carbamates (subject to hydrolysis) is 4. The zero-order valence-electron chi connectivity index (χ0n) is 74.1. The van der Waals surface area contributed by atoms with Crippen LogP contribution in [0.3, 0.4) is 0 Å². The van der Waals surface area contributed by atoms with E-state index >= 15 is 0 Å². The molecule has 0 aliphatic carbocycles. The molecule has 706 valence electrons. The van der Waals surface area contributed by atoms with E-state index in [2.05, 4.69) is 73.8 Å².